The van der Waals surface area contributed by atoms with Crippen LogP contribution < -0.4 is 5.32 Å². The fourth-order valence-electron chi connectivity index (χ4n) is 1.88. The smallest absolute Gasteiger partial charge is 0.141 e. The van der Waals surface area contributed by atoms with Gasteiger partial charge in [-0.05, 0) is 43.5 Å². The molecule has 0 aliphatic carbocycles. The van der Waals surface area contributed by atoms with Gasteiger partial charge in [-0.2, -0.15) is 0 Å². The van der Waals surface area contributed by atoms with Gasteiger partial charge in [0.15, 0.2) is 0 Å². The van der Waals surface area contributed by atoms with Crippen molar-refractivity contribution in [1.82, 2.24) is 5.32 Å². The normalized spacial score (nSPS) is 21.4. The van der Waals surface area contributed by atoms with Gasteiger partial charge in [0.2, 0.25) is 0 Å². The lowest BCUT2D eigenvalue weighted by Crippen LogP contribution is -2.23. The van der Waals surface area contributed by atoms with Gasteiger partial charge in [0.05, 0.1) is 5.02 Å². The Morgan fingerprint density at radius 2 is 2.36 bits per heavy atom. The van der Waals surface area contributed by atoms with Crippen LogP contribution in [0.1, 0.15) is 18.4 Å². The van der Waals surface area contributed by atoms with Crippen LogP contribution in [0.3, 0.4) is 0 Å². The van der Waals surface area contributed by atoms with E-state index in [0.717, 1.165) is 18.5 Å². The quantitative estimate of drug-likeness (QED) is 0.797. The van der Waals surface area contributed by atoms with Crippen LogP contribution in [0.2, 0.25) is 5.02 Å². The molecule has 0 saturated carbocycles. The highest BCUT2D eigenvalue weighted by Crippen LogP contribution is 2.18. The lowest BCUT2D eigenvalue weighted by Gasteiger charge is -2.10. The van der Waals surface area contributed by atoms with Crippen molar-refractivity contribution in [3.8, 4) is 0 Å². The number of halogens is 2. The van der Waals surface area contributed by atoms with E-state index in [0.29, 0.717) is 6.04 Å². The predicted octanol–water partition coefficient (Wildman–Crippen LogP) is 2.77. The predicted molar refractivity (Wildman–Crippen MR) is 56.1 cm³/mol. The van der Waals surface area contributed by atoms with Gasteiger partial charge < -0.3 is 5.32 Å². The zero-order chi connectivity index (χ0) is 9.97. The van der Waals surface area contributed by atoms with E-state index in [1.165, 1.54) is 18.9 Å². The van der Waals surface area contributed by atoms with Crippen LogP contribution in [0.25, 0.3) is 0 Å². The Balaban J connectivity index is 2.05. The molecule has 0 aromatic heterocycles. The van der Waals surface area contributed by atoms with Crippen LogP contribution in [-0.4, -0.2) is 12.6 Å². The van der Waals surface area contributed by atoms with Crippen LogP contribution >= 0.6 is 11.6 Å². The van der Waals surface area contributed by atoms with Gasteiger partial charge >= 0.3 is 0 Å². The van der Waals surface area contributed by atoms with Crippen LogP contribution in [0.5, 0.6) is 0 Å². The number of nitrogens with one attached hydrogen (secondary N) is 1. The van der Waals surface area contributed by atoms with Crippen molar-refractivity contribution >= 4 is 11.6 Å². The van der Waals surface area contributed by atoms with Crippen LogP contribution in [0.4, 0.5) is 4.39 Å². The first-order chi connectivity index (χ1) is 6.75. The molecule has 0 amide bonds. The number of hydrogen-bond donors (Lipinski definition) is 1. The third-order valence-corrected chi connectivity index (χ3v) is 2.92. The topological polar surface area (TPSA) is 12.0 Å². The van der Waals surface area contributed by atoms with Gasteiger partial charge in [0, 0.05) is 6.04 Å². The zero-order valence-corrected chi connectivity index (χ0v) is 8.65. The average Bonchev–Trinajstić information content (AvgIpc) is 2.64. The molecule has 1 fully saturated rings. The molecule has 1 aliphatic rings. The molecule has 1 aromatic carbocycles. The van der Waals surface area contributed by atoms with Gasteiger partial charge in [-0.3, -0.25) is 0 Å². The summed E-state index contributed by atoms with van der Waals surface area (Å²) in [5, 5.41) is 3.62. The number of benzene rings is 1. The Hall–Kier alpha value is -0.600. The summed E-state index contributed by atoms with van der Waals surface area (Å²) < 4.78 is 12.9. The maximum Gasteiger partial charge on any atom is 0.141 e. The molecule has 1 aromatic rings. The van der Waals surface area contributed by atoms with Crippen LogP contribution in [0.15, 0.2) is 18.2 Å². The molecule has 0 bridgehead atoms. The number of hydrogen-bond acceptors (Lipinski definition) is 1. The molecule has 0 radical (unpaired) electrons. The van der Waals surface area contributed by atoms with Crippen molar-refractivity contribution in [3.63, 3.8) is 0 Å². The van der Waals surface area contributed by atoms with Crippen molar-refractivity contribution in [2.75, 3.05) is 6.54 Å². The van der Waals surface area contributed by atoms with Crippen LogP contribution in [0, 0.1) is 5.82 Å². The van der Waals surface area contributed by atoms with E-state index in [4.69, 9.17) is 11.6 Å². The van der Waals surface area contributed by atoms with Gasteiger partial charge in [-0.15, -0.1) is 0 Å². The Bertz CT molecular complexity index is 321. The third-order valence-electron chi connectivity index (χ3n) is 2.63. The van der Waals surface area contributed by atoms with E-state index in [1.54, 1.807) is 12.1 Å². The highest BCUT2D eigenvalue weighted by atomic mass is 35.5. The summed E-state index contributed by atoms with van der Waals surface area (Å²) in [5.41, 5.74) is 1.11. The van der Waals surface area contributed by atoms with E-state index in [1.807, 2.05) is 0 Å². The SMILES string of the molecule is Fc1ccc(CC2CCCN2)cc1Cl. The maximum absolute atomic E-state index is 12.9. The lowest BCUT2D eigenvalue weighted by atomic mass is 10.0. The Labute approximate surface area is 88.3 Å². The van der Waals surface area contributed by atoms with Gasteiger partial charge in [-0.1, -0.05) is 17.7 Å². The van der Waals surface area contributed by atoms with E-state index >= 15 is 0 Å². The van der Waals surface area contributed by atoms with Crippen molar-refractivity contribution in [2.24, 2.45) is 0 Å². The summed E-state index contributed by atoms with van der Waals surface area (Å²) in [5.74, 6) is -0.338. The van der Waals surface area contributed by atoms with E-state index in [-0.39, 0.29) is 10.8 Å². The molecule has 1 N–H and O–H groups in total. The minimum absolute atomic E-state index is 0.223. The molecule has 1 heterocycles. The largest absolute Gasteiger partial charge is 0.314 e. The first kappa shape index (κ1) is 9.94. The second kappa shape index (κ2) is 4.28. The van der Waals surface area contributed by atoms with Gasteiger partial charge in [0.1, 0.15) is 5.82 Å². The Kier molecular flexibility index (Phi) is 3.04. The van der Waals surface area contributed by atoms with Crippen molar-refractivity contribution in [2.45, 2.75) is 25.3 Å². The fourth-order valence-corrected chi connectivity index (χ4v) is 2.09. The first-order valence-electron chi connectivity index (χ1n) is 4.93. The van der Waals surface area contributed by atoms with Crippen LogP contribution in [-0.2, 0) is 6.42 Å². The molecular formula is C11H13ClFN. The van der Waals surface area contributed by atoms with Gasteiger partial charge in [0.25, 0.3) is 0 Å². The molecule has 3 heteroatoms. The standard InChI is InChI=1S/C11H13ClFN/c12-10-7-8(3-4-11(10)13)6-9-2-1-5-14-9/h3-4,7,9,14H,1-2,5-6H2. The summed E-state index contributed by atoms with van der Waals surface area (Å²) in [6.45, 7) is 1.10. The summed E-state index contributed by atoms with van der Waals surface area (Å²) in [4.78, 5) is 0. The van der Waals surface area contributed by atoms with E-state index < -0.39 is 0 Å². The van der Waals surface area contributed by atoms with Crippen molar-refractivity contribution in [3.05, 3.63) is 34.6 Å². The molecule has 1 atom stereocenters. The van der Waals surface area contributed by atoms with Crippen molar-refractivity contribution < 1.29 is 4.39 Å². The zero-order valence-electron chi connectivity index (χ0n) is 7.89. The molecule has 2 rings (SSSR count). The van der Waals surface area contributed by atoms with E-state index in [9.17, 15) is 4.39 Å². The molecule has 14 heavy (non-hydrogen) atoms. The average molecular weight is 214 g/mol. The second-order valence-electron chi connectivity index (χ2n) is 3.75. The number of rotatable bonds is 2. The summed E-state index contributed by atoms with van der Waals surface area (Å²) >= 11 is 5.70. The molecule has 76 valence electrons. The summed E-state index contributed by atoms with van der Waals surface area (Å²) in [6.07, 6.45) is 3.38. The highest BCUT2D eigenvalue weighted by molar-refractivity contribution is 6.30. The lowest BCUT2D eigenvalue weighted by molar-refractivity contribution is 0.598. The van der Waals surface area contributed by atoms with Crippen molar-refractivity contribution in [1.29, 1.82) is 0 Å². The maximum atomic E-state index is 12.9. The van der Waals surface area contributed by atoms with Gasteiger partial charge in [-0.25, -0.2) is 4.39 Å². The minimum Gasteiger partial charge on any atom is -0.314 e. The minimum atomic E-state index is -0.338. The molecule has 1 saturated heterocycles. The Morgan fingerprint density at radius 3 is 3.00 bits per heavy atom. The van der Waals surface area contributed by atoms with E-state index in [2.05, 4.69) is 5.32 Å². The molecular weight excluding hydrogens is 201 g/mol. The summed E-state index contributed by atoms with van der Waals surface area (Å²) in [7, 11) is 0. The molecule has 1 aliphatic heterocycles. The monoisotopic (exact) mass is 213 g/mol. The third kappa shape index (κ3) is 2.25. The Morgan fingerprint density at radius 1 is 1.50 bits per heavy atom. The molecule has 1 unspecified atom stereocenters. The second-order valence-corrected chi connectivity index (χ2v) is 4.15. The first-order valence-corrected chi connectivity index (χ1v) is 5.31. The highest BCUT2D eigenvalue weighted by Gasteiger charge is 2.14. The molecule has 1 nitrogen and oxygen atoms in total. The fraction of sp³-hybridized carbons (Fsp3) is 0.455. The summed E-state index contributed by atoms with van der Waals surface area (Å²) in [6, 6.07) is 5.50. The molecule has 0 spiro atoms.